The van der Waals surface area contributed by atoms with Gasteiger partial charge in [0.25, 0.3) is 0 Å². The molecule has 1 atom stereocenters. The Bertz CT molecular complexity index is 570. The van der Waals surface area contributed by atoms with Gasteiger partial charge in [-0.15, -0.1) is 11.6 Å². The highest BCUT2D eigenvalue weighted by atomic mass is 35.5. The van der Waals surface area contributed by atoms with Gasteiger partial charge in [-0.3, -0.25) is 0 Å². The topological polar surface area (TPSA) is 17.8 Å². The van der Waals surface area contributed by atoms with Gasteiger partial charge >= 0.3 is 0 Å². The third-order valence-electron chi connectivity index (χ3n) is 3.37. The third kappa shape index (κ3) is 3.47. The maximum Gasteiger partial charge on any atom is 0.125 e. The zero-order valence-electron chi connectivity index (χ0n) is 11.9. The lowest BCUT2D eigenvalue weighted by atomic mass is 10.2. The molecule has 0 spiro atoms. The Hall–Kier alpha value is -0.740. The number of hydrogen-bond donors (Lipinski definition) is 0. The van der Waals surface area contributed by atoms with E-state index in [1.165, 1.54) is 6.07 Å². The second-order valence-electron chi connectivity index (χ2n) is 4.80. The maximum atomic E-state index is 13.5. The molecule has 20 heavy (non-hydrogen) atoms. The predicted octanol–water partition coefficient (Wildman–Crippen LogP) is 4.66. The number of aryl methyl sites for hydroxylation is 1. The van der Waals surface area contributed by atoms with Crippen molar-refractivity contribution in [2.75, 3.05) is 17.4 Å². The van der Waals surface area contributed by atoms with Crippen molar-refractivity contribution in [1.29, 1.82) is 0 Å². The maximum absolute atomic E-state index is 13.5. The molecule has 0 aliphatic carbocycles. The van der Waals surface area contributed by atoms with Crippen LogP contribution < -0.4 is 0 Å². The van der Waals surface area contributed by atoms with Crippen LogP contribution in [0.15, 0.2) is 18.2 Å². The highest BCUT2D eigenvalue weighted by Crippen LogP contribution is 2.25. The molecular formula is C15H20ClFN2S. The number of aromatic nitrogens is 2. The first-order valence-electron chi connectivity index (χ1n) is 6.97. The van der Waals surface area contributed by atoms with Crippen molar-refractivity contribution in [3.63, 3.8) is 0 Å². The van der Waals surface area contributed by atoms with Gasteiger partial charge in [0.1, 0.15) is 11.6 Å². The highest BCUT2D eigenvalue weighted by molar-refractivity contribution is 7.99. The van der Waals surface area contributed by atoms with E-state index in [9.17, 15) is 4.39 Å². The fourth-order valence-corrected chi connectivity index (χ4v) is 3.36. The summed E-state index contributed by atoms with van der Waals surface area (Å²) in [6.07, 6.45) is 1.76. The molecule has 1 aromatic heterocycles. The van der Waals surface area contributed by atoms with Gasteiger partial charge in [-0.2, -0.15) is 11.8 Å². The predicted molar refractivity (Wildman–Crippen MR) is 86.4 cm³/mol. The first-order chi connectivity index (χ1) is 9.67. The summed E-state index contributed by atoms with van der Waals surface area (Å²) in [4.78, 5) is 4.60. The second-order valence-corrected chi connectivity index (χ2v) is 6.58. The van der Waals surface area contributed by atoms with Crippen molar-refractivity contribution in [3.8, 4) is 0 Å². The van der Waals surface area contributed by atoms with Gasteiger partial charge in [0.05, 0.1) is 11.0 Å². The lowest BCUT2D eigenvalue weighted by Gasteiger charge is -2.17. The van der Waals surface area contributed by atoms with Crippen LogP contribution in [0.5, 0.6) is 0 Å². The van der Waals surface area contributed by atoms with E-state index in [-0.39, 0.29) is 5.82 Å². The Kier molecular flexibility index (Phi) is 5.73. The molecule has 2 aromatic rings. The molecule has 0 saturated heterocycles. The average molecular weight is 315 g/mol. The number of halogens is 2. The standard InChI is InChI=1S/C15H20ClFN2S/c1-3-20-9-7-11(2)19-14-10-12(17)4-5-13(14)18-15(19)6-8-16/h4-5,10-11H,3,6-9H2,1-2H3. The molecule has 0 bridgehead atoms. The SMILES string of the molecule is CCSCCC(C)n1c(CCCl)nc2ccc(F)cc21. The average Bonchev–Trinajstić information content (AvgIpc) is 2.76. The number of fused-ring (bicyclic) bond motifs is 1. The summed E-state index contributed by atoms with van der Waals surface area (Å²) in [6.45, 7) is 4.33. The molecule has 2 nitrogen and oxygen atoms in total. The minimum absolute atomic E-state index is 0.216. The van der Waals surface area contributed by atoms with E-state index in [0.717, 1.165) is 34.8 Å². The number of hydrogen-bond acceptors (Lipinski definition) is 2. The number of benzene rings is 1. The number of imidazole rings is 1. The first kappa shape index (κ1) is 15.6. The molecule has 1 unspecified atom stereocenters. The van der Waals surface area contributed by atoms with Gasteiger partial charge in [-0.25, -0.2) is 9.37 Å². The van der Waals surface area contributed by atoms with E-state index in [1.54, 1.807) is 12.1 Å². The zero-order valence-corrected chi connectivity index (χ0v) is 13.5. The molecular weight excluding hydrogens is 295 g/mol. The molecule has 0 aliphatic heterocycles. The Labute approximate surface area is 128 Å². The van der Waals surface area contributed by atoms with Gasteiger partial charge < -0.3 is 4.57 Å². The molecule has 0 aliphatic rings. The summed E-state index contributed by atoms with van der Waals surface area (Å²) in [5.74, 6) is 3.50. The van der Waals surface area contributed by atoms with E-state index < -0.39 is 0 Å². The second kappa shape index (κ2) is 7.32. The van der Waals surface area contributed by atoms with Gasteiger partial charge in [-0.05, 0) is 43.0 Å². The van der Waals surface area contributed by atoms with Crippen LogP contribution in [0.3, 0.4) is 0 Å². The minimum Gasteiger partial charge on any atom is -0.325 e. The third-order valence-corrected chi connectivity index (χ3v) is 4.49. The van der Waals surface area contributed by atoms with Crippen LogP contribution in [0.25, 0.3) is 11.0 Å². The lowest BCUT2D eigenvalue weighted by molar-refractivity contribution is 0.527. The van der Waals surface area contributed by atoms with E-state index in [1.807, 2.05) is 11.8 Å². The largest absolute Gasteiger partial charge is 0.325 e. The van der Waals surface area contributed by atoms with Crippen LogP contribution >= 0.6 is 23.4 Å². The number of rotatable bonds is 7. The molecule has 110 valence electrons. The summed E-state index contributed by atoms with van der Waals surface area (Å²) in [6, 6.07) is 5.08. The fraction of sp³-hybridized carbons (Fsp3) is 0.533. The van der Waals surface area contributed by atoms with Crippen LogP contribution in [-0.4, -0.2) is 26.9 Å². The molecule has 0 N–H and O–H groups in total. The molecule has 0 saturated carbocycles. The molecule has 5 heteroatoms. The first-order valence-corrected chi connectivity index (χ1v) is 8.66. The van der Waals surface area contributed by atoms with E-state index >= 15 is 0 Å². The van der Waals surface area contributed by atoms with Crippen molar-refractivity contribution >= 4 is 34.4 Å². The minimum atomic E-state index is -0.216. The van der Waals surface area contributed by atoms with Gasteiger partial charge in [0.15, 0.2) is 0 Å². The van der Waals surface area contributed by atoms with E-state index in [0.29, 0.717) is 18.3 Å². The monoisotopic (exact) mass is 314 g/mol. The summed E-state index contributed by atoms with van der Waals surface area (Å²) in [7, 11) is 0. The molecule has 1 heterocycles. The Morgan fingerprint density at radius 1 is 1.45 bits per heavy atom. The smallest absolute Gasteiger partial charge is 0.125 e. The van der Waals surface area contributed by atoms with Crippen molar-refractivity contribution in [1.82, 2.24) is 9.55 Å². The summed E-state index contributed by atoms with van der Waals surface area (Å²) < 4.78 is 15.7. The fourth-order valence-electron chi connectivity index (χ4n) is 2.40. The quantitative estimate of drug-likeness (QED) is 0.546. The van der Waals surface area contributed by atoms with Crippen molar-refractivity contribution in [2.24, 2.45) is 0 Å². The number of thioether (sulfide) groups is 1. The van der Waals surface area contributed by atoms with Crippen LogP contribution in [0.2, 0.25) is 0 Å². The molecule has 1 aromatic carbocycles. The highest BCUT2D eigenvalue weighted by Gasteiger charge is 2.16. The zero-order chi connectivity index (χ0) is 14.5. The van der Waals surface area contributed by atoms with Gasteiger partial charge in [0, 0.05) is 18.3 Å². The van der Waals surface area contributed by atoms with Crippen LogP contribution in [-0.2, 0) is 6.42 Å². The normalized spacial score (nSPS) is 13.0. The van der Waals surface area contributed by atoms with Crippen LogP contribution in [0.1, 0.15) is 32.1 Å². The molecule has 0 fully saturated rings. The number of alkyl halides is 1. The van der Waals surface area contributed by atoms with Crippen LogP contribution in [0, 0.1) is 5.82 Å². The van der Waals surface area contributed by atoms with Crippen molar-refractivity contribution < 1.29 is 4.39 Å². The Morgan fingerprint density at radius 3 is 2.95 bits per heavy atom. The van der Waals surface area contributed by atoms with Crippen molar-refractivity contribution in [3.05, 3.63) is 29.8 Å². The molecule has 0 radical (unpaired) electrons. The molecule has 0 amide bonds. The van der Waals surface area contributed by atoms with Gasteiger partial charge in [0.2, 0.25) is 0 Å². The number of nitrogens with zero attached hydrogens (tertiary/aromatic N) is 2. The van der Waals surface area contributed by atoms with Gasteiger partial charge in [-0.1, -0.05) is 6.92 Å². The van der Waals surface area contributed by atoms with E-state index in [2.05, 4.69) is 23.4 Å². The summed E-state index contributed by atoms with van der Waals surface area (Å²) >= 11 is 7.79. The van der Waals surface area contributed by atoms with Crippen LogP contribution in [0.4, 0.5) is 4.39 Å². The summed E-state index contributed by atoms with van der Waals surface area (Å²) in [5, 5.41) is 0. The lowest BCUT2D eigenvalue weighted by Crippen LogP contribution is -2.11. The Balaban J connectivity index is 2.36. The van der Waals surface area contributed by atoms with E-state index in [4.69, 9.17) is 11.6 Å². The summed E-state index contributed by atoms with van der Waals surface area (Å²) in [5.41, 5.74) is 1.72. The van der Waals surface area contributed by atoms with Crippen molar-refractivity contribution in [2.45, 2.75) is 32.7 Å². The molecule has 2 rings (SSSR count). The Morgan fingerprint density at radius 2 is 2.25 bits per heavy atom.